The molecule has 1 saturated heterocycles. The molecule has 2 N–H and O–H groups in total. The number of nitrogens with zero attached hydrogens (tertiary/aromatic N) is 2. The maximum atomic E-state index is 12.5. The fourth-order valence-electron chi connectivity index (χ4n) is 2.35. The Morgan fingerprint density at radius 3 is 2.70 bits per heavy atom. The number of nitriles is 1. The Morgan fingerprint density at radius 2 is 2.13 bits per heavy atom. The minimum absolute atomic E-state index is 0.144. The van der Waals surface area contributed by atoms with Crippen LogP contribution in [0.3, 0.4) is 0 Å². The van der Waals surface area contributed by atoms with Gasteiger partial charge in [0.25, 0.3) is 0 Å². The minimum Gasteiger partial charge on any atom is -0.467 e. The molecule has 1 amide bonds. The van der Waals surface area contributed by atoms with Crippen molar-refractivity contribution in [2.45, 2.75) is 12.0 Å². The summed E-state index contributed by atoms with van der Waals surface area (Å²) in [5, 5.41) is 14.0. The first kappa shape index (κ1) is 16.5. The molecule has 9 heteroatoms. The number of thiocarbonyl (C=S) groups is 1. The van der Waals surface area contributed by atoms with Gasteiger partial charge in [-0.1, -0.05) is 0 Å². The SMILES string of the molecule is COC(=O)[C@]1(CC(=O)c2ccncc2)NC(=S)NC(=O)[C@H]1C#N. The van der Waals surface area contributed by atoms with Gasteiger partial charge in [-0.05, 0) is 24.4 Å². The molecule has 8 nitrogen and oxygen atoms in total. The quantitative estimate of drug-likeness (QED) is 0.438. The summed E-state index contributed by atoms with van der Waals surface area (Å²) >= 11 is 4.89. The number of amides is 1. The number of hydrogen-bond acceptors (Lipinski definition) is 7. The van der Waals surface area contributed by atoms with Crippen molar-refractivity contribution in [2.75, 3.05) is 7.11 Å². The lowest BCUT2D eigenvalue weighted by molar-refractivity contribution is -0.152. The average Bonchev–Trinajstić information content (AvgIpc) is 2.54. The Kier molecular flexibility index (Phi) is 4.66. The number of aromatic nitrogens is 1. The summed E-state index contributed by atoms with van der Waals surface area (Å²) in [5.74, 6) is -3.59. The summed E-state index contributed by atoms with van der Waals surface area (Å²) < 4.78 is 4.70. The molecule has 0 unspecified atom stereocenters. The van der Waals surface area contributed by atoms with Crippen molar-refractivity contribution in [2.24, 2.45) is 5.92 Å². The largest absolute Gasteiger partial charge is 0.467 e. The number of ketones is 1. The summed E-state index contributed by atoms with van der Waals surface area (Å²) in [7, 11) is 1.10. The Hall–Kier alpha value is -2.86. The van der Waals surface area contributed by atoms with Gasteiger partial charge in [-0.25, -0.2) is 4.79 Å². The van der Waals surface area contributed by atoms with E-state index in [0.717, 1.165) is 7.11 Å². The van der Waals surface area contributed by atoms with E-state index in [1.807, 2.05) is 0 Å². The van der Waals surface area contributed by atoms with Gasteiger partial charge in [0.1, 0.15) is 0 Å². The van der Waals surface area contributed by atoms with E-state index in [1.165, 1.54) is 24.5 Å². The molecule has 2 rings (SSSR count). The molecule has 0 spiro atoms. The van der Waals surface area contributed by atoms with Crippen LogP contribution < -0.4 is 10.6 Å². The summed E-state index contributed by atoms with van der Waals surface area (Å²) in [4.78, 5) is 40.5. The number of pyridine rings is 1. The molecule has 0 saturated carbocycles. The molecule has 0 aliphatic carbocycles. The molecule has 2 atom stereocenters. The normalized spacial score (nSPS) is 23.2. The predicted octanol–water partition coefficient (Wildman–Crippen LogP) is -0.290. The Labute approximate surface area is 136 Å². The second-order valence-electron chi connectivity index (χ2n) is 4.80. The van der Waals surface area contributed by atoms with E-state index < -0.39 is 35.5 Å². The molecule has 118 valence electrons. The number of hydrogen-bond donors (Lipinski definition) is 2. The summed E-state index contributed by atoms with van der Waals surface area (Å²) in [6.45, 7) is 0. The first-order chi connectivity index (χ1) is 10.9. The fourth-order valence-corrected chi connectivity index (χ4v) is 2.63. The van der Waals surface area contributed by atoms with Crippen LogP contribution in [-0.4, -0.2) is 40.4 Å². The molecular formula is C14H12N4O4S. The molecule has 0 aromatic carbocycles. The number of rotatable bonds is 4. The predicted molar refractivity (Wildman–Crippen MR) is 80.9 cm³/mol. The van der Waals surface area contributed by atoms with Crippen molar-refractivity contribution in [3.63, 3.8) is 0 Å². The second kappa shape index (κ2) is 6.50. The van der Waals surface area contributed by atoms with Gasteiger partial charge in [0.2, 0.25) is 5.91 Å². The maximum Gasteiger partial charge on any atom is 0.334 e. The van der Waals surface area contributed by atoms with E-state index in [0.29, 0.717) is 5.56 Å². The smallest absolute Gasteiger partial charge is 0.334 e. The van der Waals surface area contributed by atoms with Crippen LogP contribution in [0.4, 0.5) is 0 Å². The third-order valence-electron chi connectivity index (χ3n) is 3.45. The van der Waals surface area contributed by atoms with Gasteiger partial charge in [0.15, 0.2) is 22.4 Å². The topological polar surface area (TPSA) is 121 Å². The van der Waals surface area contributed by atoms with Crippen LogP contribution in [0.5, 0.6) is 0 Å². The van der Waals surface area contributed by atoms with Crippen molar-refractivity contribution < 1.29 is 19.1 Å². The maximum absolute atomic E-state index is 12.5. The molecule has 1 aliphatic heterocycles. The van der Waals surface area contributed by atoms with Crippen LogP contribution in [0.1, 0.15) is 16.8 Å². The van der Waals surface area contributed by atoms with E-state index in [2.05, 4.69) is 15.6 Å². The van der Waals surface area contributed by atoms with E-state index in [9.17, 15) is 19.6 Å². The highest BCUT2D eigenvalue weighted by atomic mass is 32.1. The van der Waals surface area contributed by atoms with E-state index >= 15 is 0 Å². The summed E-state index contributed by atoms with van der Waals surface area (Å²) in [6.07, 6.45) is 2.38. The number of methoxy groups -OCH3 is 1. The third kappa shape index (κ3) is 3.02. The zero-order valence-electron chi connectivity index (χ0n) is 12.0. The van der Waals surface area contributed by atoms with Gasteiger partial charge in [0.05, 0.1) is 13.2 Å². The lowest BCUT2D eigenvalue weighted by atomic mass is 9.77. The van der Waals surface area contributed by atoms with Crippen LogP contribution in [0.2, 0.25) is 0 Å². The van der Waals surface area contributed by atoms with Crippen LogP contribution in [0.25, 0.3) is 0 Å². The minimum atomic E-state index is -1.87. The van der Waals surface area contributed by atoms with Crippen molar-refractivity contribution in [1.29, 1.82) is 5.26 Å². The monoisotopic (exact) mass is 332 g/mol. The molecule has 1 aromatic heterocycles. The molecule has 1 aromatic rings. The number of carbonyl (C=O) groups excluding carboxylic acids is 3. The highest BCUT2D eigenvalue weighted by Gasteiger charge is 2.55. The molecule has 2 heterocycles. The lowest BCUT2D eigenvalue weighted by Gasteiger charge is -2.38. The van der Waals surface area contributed by atoms with E-state index in [-0.39, 0.29) is 5.11 Å². The molecule has 1 fully saturated rings. The number of nitrogens with one attached hydrogen (secondary N) is 2. The lowest BCUT2D eigenvalue weighted by Crippen LogP contribution is -2.70. The standard InChI is InChI=1S/C14H12N4O4S/c1-22-12(21)14(6-10(19)8-2-4-16-5-3-8)9(7-15)11(20)17-13(23)18-14/h2-5,9H,6H2,1H3,(H2,17,18,20,23)/t9-,14-/m1/s1. The van der Waals surface area contributed by atoms with E-state index in [1.54, 1.807) is 6.07 Å². The highest BCUT2D eigenvalue weighted by molar-refractivity contribution is 7.80. The fraction of sp³-hybridized carbons (Fsp3) is 0.286. The van der Waals surface area contributed by atoms with Gasteiger partial charge in [0, 0.05) is 24.4 Å². The van der Waals surface area contributed by atoms with Crippen molar-refractivity contribution in [3.05, 3.63) is 30.1 Å². The zero-order valence-corrected chi connectivity index (χ0v) is 12.8. The van der Waals surface area contributed by atoms with Crippen LogP contribution in [0, 0.1) is 17.2 Å². The molecule has 1 aliphatic rings. The molecule has 23 heavy (non-hydrogen) atoms. The van der Waals surface area contributed by atoms with Crippen LogP contribution >= 0.6 is 12.2 Å². The Morgan fingerprint density at radius 1 is 1.48 bits per heavy atom. The molecule has 0 radical (unpaired) electrons. The van der Waals surface area contributed by atoms with Gasteiger partial charge in [-0.2, -0.15) is 5.26 Å². The van der Waals surface area contributed by atoms with Crippen molar-refractivity contribution in [3.8, 4) is 6.07 Å². The Bertz CT molecular complexity index is 715. The third-order valence-corrected chi connectivity index (χ3v) is 3.65. The number of carbonyl (C=O) groups is 3. The first-order valence-electron chi connectivity index (χ1n) is 6.49. The van der Waals surface area contributed by atoms with Crippen LogP contribution in [-0.2, 0) is 14.3 Å². The van der Waals surface area contributed by atoms with Crippen LogP contribution in [0.15, 0.2) is 24.5 Å². The first-order valence-corrected chi connectivity index (χ1v) is 6.89. The van der Waals surface area contributed by atoms with Gasteiger partial charge in [-0.3, -0.25) is 14.6 Å². The summed E-state index contributed by atoms with van der Waals surface area (Å²) in [5.41, 5.74) is -1.58. The van der Waals surface area contributed by atoms with Gasteiger partial charge in [-0.15, -0.1) is 0 Å². The summed E-state index contributed by atoms with van der Waals surface area (Å²) in [6, 6.07) is 4.67. The molecule has 0 bridgehead atoms. The number of Topliss-reactive ketones (excluding diaryl/α,β-unsaturated/α-hetero) is 1. The second-order valence-corrected chi connectivity index (χ2v) is 5.21. The number of esters is 1. The van der Waals surface area contributed by atoms with Gasteiger partial charge < -0.3 is 15.4 Å². The van der Waals surface area contributed by atoms with Crippen molar-refractivity contribution in [1.82, 2.24) is 15.6 Å². The zero-order chi connectivity index (χ0) is 17.0. The van der Waals surface area contributed by atoms with E-state index in [4.69, 9.17) is 17.0 Å². The van der Waals surface area contributed by atoms with Crippen molar-refractivity contribution >= 4 is 35.0 Å². The Balaban J connectivity index is 2.45. The highest BCUT2D eigenvalue weighted by Crippen LogP contribution is 2.28. The number of ether oxygens (including phenoxy) is 1. The average molecular weight is 332 g/mol. The van der Waals surface area contributed by atoms with Gasteiger partial charge >= 0.3 is 5.97 Å². The molecular weight excluding hydrogens is 320 g/mol.